The van der Waals surface area contributed by atoms with Gasteiger partial charge in [0.05, 0.1) is 12.4 Å². The zero-order valence-corrected chi connectivity index (χ0v) is 16.3. The van der Waals surface area contributed by atoms with E-state index >= 15 is 0 Å². The van der Waals surface area contributed by atoms with Crippen LogP contribution in [0.15, 0.2) is 53.4 Å². The molecule has 0 aliphatic heterocycles. The average Bonchev–Trinajstić information content (AvgIpc) is 2.67. The minimum absolute atomic E-state index is 0.275. The minimum atomic E-state index is -0.296. The van der Waals surface area contributed by atoms with E-state index in [9.17, 15) is 9.59 Å². The highest BCUT2D eigenvalue weighted by Crippen LogP contribution is 2.24. The predicted molar refractivity (Wildman–Crippen MR) is 106 cm³/mol. The van der Waals surface area contributed by atoms with Crippen LogP contribution >= 0.6 is 23.5 Å². The summed E-state index contributed by atoms with van der Waals surface area (Å²) >= 11 is 3.00. The maximum atomic E-state index is 11.8. The molecule has 0 fully saturated rings. The van der Waals surface area contributed by atoms with Gasteiger partial charge >= 0.3 is 0 Å². The second kappa shape index (κ2) is 10.8. The van der Waals surface area contributed by atoms with Crippen LogP contribution in [0.2, 0.25) is 0 Å². The largest absolute Gasteiger partial charge is 0.497 e. The van der Waals surface area contributed by atoms with Crippen molar-refractivity contribution in [2.24, 2.45) is 0 Å². The van der Waals surface area contributed by atoms with Crippen LogP contribution in [0.1, 0.15) is 5.56 Å². The lowest BCUT2D eigenvalue weighted by Crippen LogP contribution is -2.32. The Hall–Kier alpha value is -2.12. The highest BCUT2D eigenvalue weighted by atomic mass is 32.2. The molecule has 0 spiro atoms. The Bertz CT molecular complexity index is 722. The third-order valence-electron chi connectivity index (χ3n) is 3.61. The van der Waals surface area contributed by atoms with Crippen LogP contribution in [0.3, 0.4) is 0 Å². The normalized spacial score (nSPS) is 11.5. The molecule has 0 saturated heterocycles. The fraction of sp³-hybridized carbons (Fsp3) is 0.263. The molecule has 0 aliphatic carbocycles. The van der Waals surface area contributed by atoms with E-state index in [4.69, 9.17) is 9.47 Å². The van der Waals surface area contributed by atoms with Crippen molar-refractivity contribution in [3.05, 3.63) is 54.1 Å². The van der Waals surface area contributed by atoms with E-state index in [-0.39, 0.29) is 11.2 Å². The molecule has 1 N–H and O–H groups in total. The monoisotopic (exact) mass is 391 g/mol. The average molecular weight is 392 g/mol. The molecule has 2 aromatic carbocycles. The topological polar surface area (TPSA) is 64.6 Å². The van der Waals surface area contributed by atoms with Gasteiger partial charge in [-0.15, -0.1) is 0 Å². The van der Waals surface area contributed by atoms with Crippen LogP contribution in [0.5, 0.6) is 11.5 Å². The maximum Gasteiger partial charge on any atom is 0.239 e. The number of carbonyl (C=O) groups excluding carboxylic acids is 2. The van der Waals surface area contributed by atoms with Crippen LogP contribution in [-0.2, 0) is 16.0 Å². The Balaban J connectivity index is 1.84. The Morgan fingerprint density at radius 1 is 1.19 bits per heavy atom. The molecule has 0 bridgehead atoms. The summed E-state index contributed by atoms with van der Waals surface area (Å²) in [6, 6.07) is 15.5. The van der Waals surface area contributed by atoms with Gasteiger partial charge < -0.3 is 9.47 Å². The van der Waals surface area contributed by atoms with Gasteiger partial charge in [0.15, 0.2) is 0 Å². The number of hydrogen-bond acceptors (Lipinski definition) is 6. The van der Waals surface area contributed by atoms with E-state index in [0.717, 1.165) is 22.0 Å². The van der Waals surface area contributed by atoms with Crippen molar-refractivity contribution in [1.82, 2.24) is 5.32 Å². The van der Waals surface area contributed by atoms with Crippen LogP contribution in [0, 0.1) is 0 Å². The Labute approximate surface area is 161 Å². The van der Waals surface area contributed by atoms with Crippen molar-refractivity contribution in [3.63, 3.8) is 0 Å². The number of nitrogens with one attached hydrogen (secondary N) is 1. The summed E-state index contributed by atoms with van der Waals surface area (Å²) in [5, 5.41) is 1.91. The Kier molecular flexibility index (Phi) is 8.37. The molecule has 0 radical (unpaired) electrons. The van der Waals surface area contributed by atoms with Gasteiger partial charge in [0.1, 0.15) is 17.4 Å². The van der Waals surface area contributed by atoms with E-state index in [1.54, 1.807) is 18.9 Å². The molecule has 0 saturated carbocycles. The van der Waals surface area contributed by atoms with E-state index in [2.05, 4.69) is 5.32 Å². The number of hydrogen-bond donors (Lipinski definition) is 1. The highest BCUT2D eigenvalue weighted by Gasteiger charge is 2.17. The molecule has 1 unspecified atom stereocenters. The standard InChI is InChI=1S/C19H21NO4S2/c1-23-16-4-3-5-17(11-16)26-13-24-15-8-6-14(7-9-15)10-18(25-2)19(22)20-12-21/h3-9,11-12,18H,10,13H2,1-2H3,(H,20,21,22). The molecule has 1 atom stereocenters. The van der Waals surface area contributed by atoms with E-state index in [0.29, 0.717) is 18.8 Å². The Morgan fingerprint density at radius 2 is 1.96 bits per heavy atom. The van der Waals surface area contributed by atoms with Gasteiger partial charge in [0.25, 0.3) is 0 Å². The van der Waals surface area contributed by atoms with Gasteiger partial charge in [-0.05, 0) is 48.6 Å². The van der Waals surface area contributed by atoms with Gasteiger partial charge in [0, 0.05) is 4.90 Å². The van der Waals surface area contributed by atoms with Crippen molar-refractivity contribution in [3.8, 4) is 11.5 Å². The molecule has 2 rings (SSSR count). The molecule has 0 heterocycles. The molecular formula is C19H21NO4S2. The maximum absolute atomic E-state index is 11.8. The SMILES string of the molecule is COc1cccc(SCOc2ccc(CC(SC)C(=O)NC=O)cc2)c1. The van der Waals surface area contributed by atoms with Gasteiger partial charge in [-0.2, -0.15) is 11.8 Å². The molecule has 2 amide bonds. The fourth-order valence-electron chi connectivity index (χ4n) is 2.23. The van der Waals surface area contributed by atoms with E-state index in [1.807, 2.05) is 54.8 Å². The van der Waals surface area contributed by atoms with Crippen molar-refractivity contribution in [1.29, 1.82) is 0 Å². The summed E-state index contributed by atoms with van der Waals surface area (Å²) in [4.78, 5) is 23.2. The predicted octanol–water partition coefficient (Wildman–Crippen LogP) is 3.37. The molecule has 0 aromatic heterocycles. The third-order valence-corrected chi connectivity index (χ3v) is 5.39. The molecule has 7 heteroatoms. The first-order chi connectivity index (χ1) is 12.7. The summed E-state index contributed by atoms with van der Waals surface area (Å²) in [6.07, 6.45) is 2.82. The van der Waals surface area contributed by atoms with Crippen LogP contribution in [0.4, 0.5) is 0 Å². The molecule has 0 aliphatic rings. The van der Waals surface area contributed by atoms with Gasteiger partial charge in [0.2, 0.25) is 12.3 Å². The summed E-state index contributed by atoms with van der Waals surface area (Å²) < 4.78 is 10.9. The first kappa shape index (κ1) is 20.2. The molecule has 5 nitrogen and oxygen atoms in total. The summed E-state index contributed by atoms with van der Waals surface area (Å²) in [5.41, 5.74) is 1.01. The first-order valence-corrected chi connectivity index (χ1v) is 10.2. The first-order valence-electron chi connectivity index (χ1n) is 7.91. The fourth-order valence-corrected chi connectivity index (χ4v) is 3.57. The third kappa shape index (κ3) is 6.31. The molecule has 26 heavy (non-hydrogen) atoms. The number of imide groups is 1. The van der Waals surface area contributed by atoms with Crippen LogP contribution in [-0.4, -0.2) is 36.9 Å². The highest BCUT2D eigenvalue weighted by molar-refractivity contribution is 8.00. The summed E-state index contributed by atoms with van der Waals surface area (Å²) in [6.45, 7) is 0. The van der Waals surface area contributed by atoms with E-state index in [1.165, 1.54) is 11.8 Å². The molecule has 138 valence electrons. The lowest BCUT2D eigenvalue weighted by Gasteiger charge is -2.13. The number of carbonyl (C=O) groups is 2. The second-order valence-electron chi connectivity index (χ2n) is 5.28. The van der Waals surface area contributed by atoms with Crippen LogP contribution < -0.4 is 14.8 Å². The lowest BCUT2D eigenvalue weighted by atomic mass is 10.1. The Morgan fingerprint density at radius 3 is 2.62 bits per heavy atom. The number of rotatable bonds is 10. The van der Waals surface area contributed by atoms with Gasteiger partial charge in [-0.3, -0.25) is 14.9 Å². The quantitative estimate of drug-likeness (QED) is 0.381. The zero-order chi connectivity index (χ0) is 18.8. The number of amides is 2. The smallest absolute Gasteiger partial charge is 0.239 e. The van der Waals surface area contributed by atoms with Crippen molar-refractivity contribution >= 4 is 35.8 Å². The van der Waals surface area contributed by atoms with Crippen molar-refractivity contribution in [2.75, 3.05) is 19.3 Å². The van der Waals surface area contributed by atoms with Gasteiger partial charge in [-0.1, -0.05) is 30.0 Å². The lowest BCUT2D eigenvalue weighted by molar-refractivity contribution is -0.124. The van der Waals surface area contributed by atoms with Gasteiger partial charge in [-0.25, -0.2) is 0 Å². The van der Waals surface area contributed by atoms with Crippen molar-refractivity contribution in [2.45, 2.75) is 16.6 Å². The summed E-state index contributed by atoms with van der Waals surface area (Å²) in [5.74, 6) is 1.80. The van der Waals surface area contributed by atoms with Crippen molar-refractivity contribution < 1.29 is 19.1 Å². The van der Waals surface area contributed by atoms with E-state index < -0.39 is 0 Å². The minimum Gasteiger partial charge on any atom is -0.497 e. The van der Waals surface area contributed by atoms with Crippen LogP contribution in [0.25, 0.3) is 0 Å². The second-order valence-corrected chi connectivity index (χ2v) is 7.32. The molecular weight excluding hydrogens is 370 g/mol. The number of thioether (sulfide) groups is 2. The summed E-state index contributed by atoms with van der Waals surface area (Å²) in [7, 11) is 1.64. The zero-order valence-electron chi connectivity index (χ0n) is 14.6. The number of methoxy groups -OCH3 is 1. The number of benzene rings is 2. The number of ether oxygens (including phenoxy) is 2. The molecule has 2 aromatic rings.